The lowest BCUT2D eigenvalue weighted by Crippen LogP contribution is -1.99. The summed E-state index contributed by atoms with van der Waals surface area (Å²) in [5, 5.41) is 12.4. The van der Waals surface area contributed by atoms with E-state index in [1.54, 1.807) is 13.2 Å². The van der Waals surface area contributed by atoms with Gasteiger partial charge in [-0.05, 0) is 24.3 Å². The average molecular weight is 317 g/mol. The average Bonchev–Trinajstić information content (AvgIpc) is 2.42. The summed E-state index contributed by atoms with van der Waals surface area (Å²) in [5.41, 5.74) is 3.38. The first-order valence-electron chi connectivity index (χ1n) is 5.78. The summed E-state index contributed by atoms with van der Waals surface area (Å²) in [7, 11) is 1.66. The molecule has 0 saturated carbocycles. The van der Waals surface area contributed by atoms with E-state index in [1.165, 1.54) is 0 Å². The summed E-state index contributed by atoms with van der Waals surface area (Å²) in [6.45, 7) is 0.527. The fourth-order valence-electron chi connectivity index (χ4n) is 1.79. The predicted octanol–water partition coefficient (Wildman–Crippen LogP) is 4.21. The molecule has 0 aliphatic heterocycles. The van der Waals surface area contributed by atoms with Gasteiger partial charge in [0.05, 0.1) is 17.9 Å². The number of hydrogen-bond acceptors (Lipinski definition) is 3. The van der Waals surface area contributed by atoms with Crippen molar-refractivity contribution in [2.24, 2.45) is 0 Å². The Morgan fingerprint density at radius 1 is 1.21 bits per heavy atom. The Balaban J connectivity index is 2.36. The van der Waals surface area contributed by atoms with Crippen LogP contribution in [0.2, 0.25) is 0 Å². The zero-order valence-electron chi connectivity index (χ0n) is 10.5. The first kappa shape index (κ1) is 13.6. The van der Waals surface area contributed by atoms with Crippen LogP contribution in [0.15, 0.2) is 46.9 Å². The van der Waals surface area contributed by atoms with Crippen LogP contribution in [0.5, 0.6) is 0 Å². The summed E-state index contributed by atoms with van der Waals surface area (Å²) >= 11 is 3.41. The van der Waals surface area contributed by atoms with Crippen LogP contribution in [0.3, 0.4) is 0 Å². The number of benzene rings is 2. The van der Waals surface area contributed by atoms with Crippen LogP contribution < -0.4 is 5.32 Å². The lowest BCUT2D eigenvalue weighted by molar-refractivity contribution is 0.185. The summed E-state index contributed by atoms with van der Waals surface area (Å²) in [6.07, 6.45) is 0. The van der Waals surface area contributed by atoms with E-state index in [-0.39, 0.29) is 0 Å². The number of para-hydroxylation sites is 1. The molecule has 2 aromatic carbocycles. The van der Waals surface area contributed by atoms with Crippen molar-refractivity contribution in [2.75, 3.05) is 12.4 Å². The van der Waals surface area contributed by atoms with E-state index < -0.39 is 0 Å². The topological polar surface area (TPSA) is 45.0 Å². The van der Waals surface area contributed by atoms with Crippen molar-refractivity contribution in [3.8, 4) is 6.07 Å². The fourth-order valence-corrected chi connectivity index (χ4v) is 2.15. The Morgan fingerprint density at radius 3 is 2.74 bits per heavy atom. The predicted molar refractivity (Wildman–Crippen MR) is 79.3 cm³/mol. The molecule has 4 heteroatoms. The van der Waals surface area contributed by atoms with Crippen LogP contribution in [0, 0.1) is 11.3 Å². The number of nitrogens with zero attached hydrogens (tertiary/aromatic N) is 1. The Morgan fingerprint density at radius 2 is 2.00 bits per heavy atom. The maximum Gasteiger partial charge on any atom is 0.101 e. The van der Waals surface area contributed by atoms with Gasteiger partial charge in [-0.25, -0.2) is 0 Å². The zero-order chi connectivity index (χ0) is 13.7. The van der Waals surface area contributed by atoms with Crippen molar-refractivity contribution in [3.05, 3.63) is 58.1 Å². The minimum absolute atomic E-state index is 0.527. The first-order chi connectivity index (χ1) is 9.24. The standard InChI is InChI=1S/C15H13BrN2O/c1-19-10-12-4-2-3-5-14(12)18-15-8-13(16)7-6-11(15)9-17/h2-8,18H,10H2,1H3. The van der Waals surface area contributed by atoms with Gasteiger partial charge in [0.25, 0.3) is 0 Å². The van der Waals surface area contributed by atoms with Crippen molar-refractivity contribution in [3.63, 3.8) is 0 Å². The van der Waals surface area contributed by atoms with Crippen molar-refractivity contribution in [2.45, 2.75) is 6.61 Å². The second-order valence-electron chi connectivity index (χ2n) is 4.02. The van der Waals surface area contributed by atoms with E-state index in [0.717, 1.165) is 21.4 Å². The highest BCUT2D eigenvalue weighted by Crippen LogP contribution is 2.26. The molecule has 0 aromatic heterocycles. The number of anilines is 2. The van der Waals surface area contributed by atoms with Crippen LogP contribution >= 0.6 is 15.9 Å². The molecule has 0 radical (unpaired) electrons. The van der Waals surface area contributed by atoms with Gasteiger partial charge in [-0.2, -0.15) is 5.26 Å². The van der Waals surface area contributed by atoms with Crippen LogP contribution in [0.25, 0.3) is 0 Å². The van der Waals surface area contributed by atoms with E-state index in [0.29, 0.717) is 12.2 Å². The molecule has 0 saturated heterocycles. The van der Waals surface area contributed by atoms with Gasteiger partial charge in [-0.3, -0.25) is 0 Å². The number of ether oxygens (including phenoxy) is 1. The molecule has 0 fully saturated rings. The smallest absolute Gasteiger partial charge is 0.101 e. The van der Waals surface area contributed by atoms with Crippen LogP contribution in [0.4, 0.5) is 11.4 Å². The van der Waals surface area contributed by atoms with Crippen molar-refractivity contribution >= 4 is 27.3 Å². The molecule has 0 bridgehead atoms. The quantitative estimate of drug-likeness (QED) is 0.919. The molecule has 0 aliphatic rings. The number of halogens is 1. The van der Waals surface area contributed by atoms with Gasteiger partial charge in [0.2, 0.25) is 0 Å². The van der Waals surface area contributed by atoms with Gasteiger partial charge < -0.3 is 10.1 Å². The van der Waals surface area contributed by atoms with Gasteiger partial charge in [0, 0.05) is 22.8 Å². The number of methoxy groups -OCH3 is 1. The fraction of sp³-hybridized carbons (Fsp3) is 0.133. The van der Waals surface area contributed by atoms with Crippen LogP contribution in [-0.2, 0) is 11.3 Å². The van der Waals surface area contributed by atoms with Gasteiger partial charge in [0.15, 0.2) is 0 Å². The number of rotatable bonds is 4. The molecule has 0 heterocycles. The first-order valence-corrected chi connectivity index (χ1v) is 6.57. The molecule has 1 N–H and O–H groups in total. The highest BCUT2D eigenvalue weighted by atomic mass is 79.9. The second-order valence-corrected chi connectivity index (χ2v) is 4.93. The minimum atomic E-state index is 0.527. The molecule has 96 valence electrons. The molecule has 2 rings (SSSR count). The molecule has 0 atom stereocenters. The summed E-state index contributed by atoms with van der Waals surface area (Å²) in [5.74, 6) is 0. The largest absolute Gasteiger partial charge is 0.380 e. The molecule has 0 amide bonds. The molecular weight excluding hydrogens is 304 g/mol. The molecule has 2 aromatic rings. The molecule has 19 heavy (non-hydrogen) atoms. The van der Waals surface area contributed by atoms with Crippen molar-refractivity contribution < 1.29 is 4.74 Å². The maximum atomic E-state index is 9.13. The highest BCUT2D eigenvalue weighted by Gasteiger charge is 2.06. The Kier molecular flexibility index (Phi) is 4.56. The molecule has 0 spiro atoms. The third-order valence-electron chi connectivity index (χ3n) is 2.69. The SMILES string of the molecule is COCc1ccccc1Nc1cc(Br)ccc1C#N. The highest BCUT2D eigenvalue weighted by molar-refractivity contribution is 9.10. The van der Waals surface area contributed by atoms with Gasteiger partial charge in [-0.1, -0.05) is 34.1 Å². The van der Waals surface area contributed by atoms with Gasteiger partial charge in [0.1, 0.15) is 6.07 Å². The molecule has 0 aliphatic carbocycles. The second kappa shape index (κ2) is 6.37. The lowest BCUT2D eigenvalue weighted by atomic mass is 10.1. The van der Waals surface area contributed by atoms with Crippen molar-refractivity contribution in [1.29, 1.82) is 5.26 Å². The third kappa shape index (κ3) is 3.34. The van der Waals surface area contributed by atoms with E-state index in [1.807, 2.05) is 36.4 Å². The van der Waals surface area contributed by atoms with Crippen LogP contribution in [-0.4, -0.2) is 7.11 Å². The summed E-state index contributed by atoms with van der Waals surface area (Å²) in [4.78, 5) is 0. The van der Waals surface area contributed by atoms with E-state index in [2.05, 4.69) is 27.3 Å². The Labute approximate surface area is 121 Å². The monoisotopic (exact) mass is 316 g/mol. The molecule has 3 nitrogen and oxygen atoms in total. The van der Waals surface area contributed by atoms with E-state index in [4.69, 9.17) is 10.00 Å². The third-order valence-corrected chi connectivity index (χ3v) is 3.18. The normalized spacial score (nSPS) is 9.95. The van der Waals surface area contributed by atoms with Crippen LogP contribution in [0.1, 0.15) is 11.1 Å². The Hall–Kier alpha value is -1.83. The molecular formula is C15H13BrN2O. The number of hydrogen-bond donors (Lipinski definition) is 1. The summed E-state index contributed by atoms with van der Waals surface area (Å²) in [6, 6.07) is 15.6. The van der Waals surface area contributed by atoms with Crippen molar-refractivity contribution in [1.82, 2.24) is 0 Å². The lowest BCUT2D eigenvalue weighted by Gasteiger charge is -2.13. The number of nitriles is 1. The van der Waals surface area contributed by atoms with Gasteiger partial charge in [-0.15, -0.1) is 0 Å². The van der Waals surface area contributed by atoms with E-state index >= 15 is 0 Å². The zero-order valence-corrected chi connectivity index (χ0v) is 12.1. The van der Waals surface area contributed by atoms with E-state index in [9.17, 15) is 0 Å². The van der Waals surface area contributed by atoms with Gasteiger partial charge >= 0.3 is 0 Å². The number of nitrogens with one attached hydrogen (secondary N) is 1. The summed E-state index contributed by atoms with van der Waals surface area (Å²) < 4.78 is 6.10. The minimum Gasteiger partial charge on any atom is -0.380 e. The Bertz CT molecular complexity index is 620. The molecule has 0 unspecified atom stereocenters. The maximum absolute atomic E-state index is 9.13.